The van der Waals surface area contributed by atoms with Crippen molar-refractivity contribution in [2.24, 2.45) is 5.92 Å². The molecule has 5 nitrogen and oxygen atoms in total. The topological polar surface area (TPSA) is 80.7 Å². The highest BCUT2D eigenvalue weighted by Crippen LogP contribution is 2.17. The molecule has 0 bridgehead atoms. The summed E-state index contributed by atoms with van der Waals surface area (Å²) in [6, 6.07) is 16.2. The molecule has 1 N–H and O–H groups in total. The summed E-state index contributed by atoms with van der Waals surface area (Å²) in [5, 5.41) is 8.76. The van der Waals surface area contributed by atoms with E-state index in [1.807, 2.05) is 0 Å². The lowest BCUT2D eigenvalue weighted by molar-refractivity contribution is -0.146. The number of carbonyl (C=O) groups excluding carboxylic acids is 3. The Bertz CT molecular complexity index is 628. The molecule has 118 valence electrons. The Morgan fingerprint density at radius 1 is 0.826 bits per heavy atom. The van der Waals surface area contributed by atoms with E-state index in [1.54, 1.807) is 36.4 Å². The number of aliphatic hydroxyl groups excluding tert-OH is 1. The van der Waals surface area contributed by atoms with Gasteiger partial charge < -0.3 is 9.84 Å². The van der Waals surface area contributed by atoms with Crippen LogP contribution in [0, 0.1) is 5.92 Å². The molecule has 0 aliphatic rings. The molecule has 2 rings (SSSR count). The summed E-state index contributed by atoms with van der Waals surface area (Å²) in [7, 11) is 0. The van der Waals surface area contributed by atoms with Gasteiger partial charge in [0.05, 0.1) is 6.61 Å². The van der Waals surface area contributed by atoms with Crippen molar-refractivity contribution in [2.45, 2.75) is 0 Å². The minimum atomic E-state index is -1.58. The van der Waals surface area contributed by atoms with E-state index in [1.165, 1.54) is 24.3 Å². The second-order valence-corrected chi connectivity index (χ2v) is 4.78. The molecule has 0 heterocycles. The number of benzene rings is 2. The van der Waals surface area contributed by atoms with Crippen molar-refractivity contribution in [3.05, 3.63) is 71.8 Å². The molecule has 0 amide bonds. The molecule has 0 unspecified atom stereocenters. The summed E-state index contributed by atoms with van der Waals surface area (Å²) in [5.41, 5.74) is 0.505. The first-order chi connectivity index (χ1) is 11.1. The Balaban J connectivity index is 2.34. The molecule has 5 heteroatoms. The molecule has 2 aromatic carbocycles. The first kappa shape index (κ1) is 16.6. The van der Waals surface area contributed by atoms with Crippen LogP contribution in [0.25, 0.3) is 0 Å². The molecule has 0 radical (unpaired) electrons. The number of ether oxygens (including phenoxy) is 1. The van der Waals surface area contributed by atoms with E-state index >= 15 is 0 Å². The van der Waals surface area contributed by atoms with Crippen LogP contribution in [0.3, 0.4) is 0 Å². The third-order valence-electron chi connectivity index (χ3n) is 3.21. The monoisotopic (exact) mass is 312 g/mol. The maximum atomic E-state index is 12.6. The molecule has 0 aliphatic carbocycles. The van der Waals surface area contributed by atoms with Crippen molar-refractivity contribution in [2.75, 3.05) is 13.2 Å². The zero-order chi connectivity index (χ0) is 16.7. The zero-order valence-electron chi connectivity index (χ0n) is 12.3. The Hall–Kier alpha value is -2.79. The summed E-state index contributed by atoms with van der Waals surface area (Å²) in [6.07, 6.45) is 0. The van der Waals surface area contributed by atoms with Crippen molar-refractivity contribution in [3.8, 4) is 0 Å². The average molecular weight is 312 g/mol. The molecular formula is C18H16O5. The van der Waals surface area contributed by atoms with E-state index in [0.717, 1.165) is 0 Å². The first-order valence-electron chi connectivity index (χ1n) is 7.11. The fourth-order valence-electron chi connectivity index (χ4n) is 2.10. The normalized spacial score (nSPS) is 10.3. The smallest absolute Gasteiger partial charge is 0.324 e. The van der Waals surface area contributed by atoms with Gasteiger partial charge in [-0.15, -0.1) is 0 Å². The zero-order valence-corrected chi connectivity index (χ0v) is 12.3. The fourth-order valence-corrected chi connectivity index (χ4v) is 2.10. The van der Waals surface area contributed by atoms with Crippen LogP contribution in [0.15, 0.2) is 60.7 Å². The summed E-state index contributed by atoms with van der Waals surface area (Å²) in [4.78, 5) is 37.3. The van der Waals surface area contributed by atoms with Crippen LogP contribution in [-0.4, -0.2) is 35.9 Å². The minimum Gasteiger partial charge on any atom is -0.462 e. The maximum Gasteiger partial charge on any atom is 0.324 e. The van der Waals surface area contributed by atoms with Crippen LogP contribution < -0.4 is 0 Å². The lowest BCUT2D eigenvalue weighted by Gasteiger charge is -2.14. The highest BCUT2D eigenvalue weighted by atomic mass is 16.5. The van der Waals surface area contributed by atoms with Gasteiger partial charge >= 0.3 is 5.97 Å². The third-order valence-corrected chi connectivity index (χ3v) is 3.21. The predicted molar refractivity (Wildman–Crippen MR) is 83.1 cm³/mol. The molecule has 23 heavy (non-hydrogen) atoms. The van der Waals surface area contributed by atoms with Crippen molar-refractivity contribution in [1.29, 1.82) is 0 Å². The number of esters is 1. The Labute approximate surface area is 133 Å². The number of Topliss-reactive ketones (excluding diaryl/α,β-unsaturated/α-hetero) is 2. The fraction of sp³-hybridized carbons (Fsp3) is 0.167. The van der Waals surface area contributed by atoms with Crippen LogP contribution in [0.2, 0.25) is 0 Å². The number of carbonyl (C=O) groups is 3. The largest absolute Gasteiger partial charge is 0.462 e. The molecule has 0 saturated heterocycles. The van der Waals surface area contributed by atoms with Crippen molar-refractivity contribution in [3.63, 3.8) is 0 Å². The summed E-state index contributed by atoms with van der Waals surface area (Å²) in [6.45, 7) is -0.642. The summed E-state index contributed by atoms with van der Waals surface area (Å²) >= 11 is 0. The van der Waals surface area contributed by atoms with E-state index < -0.39 is 23.5 Å². The number of aliphatic hydroxyl groups is 1. The summed E-state index contributed by atoms with van der Waals surface area (Å²) < 4.78 is 4.81. The average Bonchev–Trinajstić information content (AvgIpc) is 2.61. The second-order valence-electron chi connectivity index (χ2n) is 4.78. The number of ketones is 2. The SMILES string of the molecule is O=C(OCCO)C(C(=O)c1ccccc1)C(=O)c1ccccc1. The van der Waals surface area contributed by atoms with Gasteiger partial charge in [0.25, 0.3) is 0 Å². The standard InChI is InChI=1S/C18H16O5/c19-11-12-23-18(22)15(16(20)13-7-3-1-4-8-13)17(21)14-9-5-2-6-10-14/h1-10,15,19H,11-12H2. The minimum absolute atomic E-state index is 0.253. The van der Waals surface area contributed by atoms with Crippen LogP contribution in [0.5, 0.6) is 0 Å². The van der Waals surface area contributed by atoms with Gasteiger partial charge in [-0.3, -0.25) is 14.4 Å². The van der Waals surface area contributed by atoms with Gasteiger partial charge in [-0.05, 0) is 0 Å². The van der Waals surface area contributed by atoms with Gasteiger partial charge in [0.2, 0.25) is 0 Å². The second kappa shape index (κ2) is 8.00. The van der Waals surface area contributed by atoms with Crippen molar-refractivity contribution in [1.82, 2.24) is 0 Å². The number of rotatable bonds is 7. The van der Waals surface area contributed by atoms with E-state index in [0.29, 0.717) is 0 Å². The van der Waals surface area contributed by atoms with E-state index in [4.69, 9.17) is 9.84 Å². The quantitative estimate of drug-likeness (QED) is 0.480. The predicted octanol–water partition coefficient (Wildman–Crippen LogP) is 1.90. The Morgan fingerprint density at radius 3 is 1.65 bits per heavy atom. The van der Waals surface area contributed by atoms with Crippen LogP contribution >= 0.6 is 0 Å². The Morgan fingerprint density at radius 2 is 1.26 bits per heavy atom. The van der Waals surface area contributed by atoms with Gasteiger partial charge in [-0.1, -0.05) is 60.7 Å². The molecule has 0 spiro atoms. The highest BCUT2D eigenvalue weighted by molar-refractivity contribution is 6.26. The number of hydrogen-bond acceptors (Lipinski definition) is 5. The van der Waals surface area contributed by atoms with Crippen molar-refractivity contribution >= 4 is 17.5 Å². The molecule has 0 saturated carbocycles. The lowest BCUT2D eigenvalue weighted by Crippen LogP contribution is -2.34. The van der Waals surface area contributed by atoms with Gasteiger partial charge in [0.1, 0.15) is 6.61 Å². The van der Waals surface area contributed by atoms with Gasteiger partial charge in [-0.2, -0.15) is 0 Å². The van der Waals surface area contributed by atoms with E-state index in [9.17, 15) is 14.4 Å². The van der Waals surface area contributed by atoms with Crippen LogP contribution in [0.4, 0.5) is 0 Å². The van der Waals surface area contributed by atoms with Gasteiger partial charge in [0.15, 0.2) is 17.5 Å². The third kappa shape index (κ3) is 4.11. The van der Waals surface area contributed by atoms with Crippen LogP contribution in [0.1, 0.15) is 20.7 Å². The maximum absolute atomic E-state index is 12.6. The van der Waals surface area contributed by atoms with Gasteiger partial charge in [0, 0.05) is 11.1 Å². The summed E-state index contributed by atoms with van der Waals surface area (Å²) in [5.74, 6) is -3.78. The van der Waals surface area contributed by atoms with Gasteiger partial charge in [-0.25, -0.2) is 0 Å². The first-order valence-corrected chi connectivity index (χ1v) is 7.11. The molecule has 0 fully saturated rings. The van der Waals surface area contributed by atoms with E-state index in [-0.39, 0.29) is 24.3 Å². The highest BCUT2D eigenvalue weighted by Gasteiger charge is 2.36. The Kier molecular flexibility index (Phi) is 5.77. The molecular weight excluding hydrogens is 296 g/mol. The number of hydrogen-bond donors (Lipinski definition) is 1. The van der Waals surface area contributed by atoms with E-state index in [2.05, 4.69) is 0 Å². The van der Waals surface area contributed by atoms with Crippen molar-refractivity contribution < 1.29 is 24.2 Å². The molecule has 0 aromatic heterocycles. The molecule has 2 aromatic rings. The lowest BCUT2D eigenvalue weighted by atomic mass is 9.90. The van der Waals surface area contributed by atoms with Crippen LogP contribution in [-0.2, 0) is 9.53 Å². The molecule has 0 aliphatic heterocycles. The molecule has 0 atom stereocenters.